The van der Waals surface area contributed by atoms with Crippen molar-refractivity contribution in [3.63, 3.8) is 0 Å². The summed E-state index contributed by atoms with van der Waals surface area (Å²) >= 11 is 0. The van der Waals surface area contributed by atoms with Crippen molar-refractivity contribution in [2.75, 3.05) is 12.4 Å². The number of aromatic nitrogens is 5. The summed E-state index contributed by atoms with van der Waals surface area (Å²) in [5.41, 5.74) is 5.58. The Labute approximate surface area is 213 Å². The molecule has 0 bridgehead atoms. The summed E-state index contributed by atoms with van der Waals surface area (Å²) < 4.78 is 6.89. The van der Waals surface area contributed by atoms with Crippen LogP contribution in [0, 0.1) is 0 Å². The third-order valence-corrected chi connectivity index (χ3v) is 6.64. The van der Waals surface area contributed by atoms with Crippen molar-refractivity contribution >= 4 is 22.9 Å². The highest BCUT2D eigenvalue weighted by Crippen LogP contribution is 2.37. The lowest BCUT2D eigenvalue weighted by Gasteiger charge is -2.14. The van der Waals surface area contributed by atoms with E-state index in [1.165, 1.54) is 12.0 Å². The average molecular weight is 491 g/mol. The number of aromatic amines is 1. The number of methoxy groups -OCH3 is 1. The van der Waals surface area contributed by atoms with Gasteiger partial charge in [-0.15, -0.1) is 0 Å². The molecule has 2 N–H and O–H groups in total. The van der Waals surface area contributed by atoms with E-state index < -0.39 is 0 Å². The van der Waals surface area contributed by atoms with E-state index in [2.05, 4.69) is 26.5 Å². The van der Waals surface area contributed by atoms with E-state index >= 15 is 0 Å². The Morgan fingerprint density at radius 3 is 2.51 bits per heavy atom. The van der Waals surface area contributed by atoms with Crippen LogP contribution < -0.4 is 15.6 Å². The topological polar surface area (TPSA) is 97.2 Å². The van der Waals surface area contributed by atoms with Gasteiger partial charge in [0.1, 0.15) is 17.4 Å². The quantitative estimate of drug-likeness (QED) is 0.310. The highest BCUT2D eigenvalue weighted by molar-refractivity contribution is 5.89. The fourth-order valence-corrected chi connectivity index (χ4v) is 4.85. The zero-order valence-corrected chi connectivity index (χ0v) is 20.4. The zero-order chi connectivity index (χ0) is 25.2. The third-order valence-electron chi connectivity index (χ3n) is 6.64. The van der Waals surface area contributed by atoms with Gasteiger partial charge in [0.15, 0.2) is 5.65 Å². The third kappa shape index (κ3) is 4.27. The van der Waals surface area contributed by atoms with Gasteiger partial charge in [0.2, 0.25) is 0 Å². The molecule has 0 saturated heterocycles. The fourth-order valence-electron chi connectivity index (χ4n) is 4.85. The van der Waals surface area contributed by atoms with E-state index in [1.807, 2.05) is 54.6 Å². The summed E-state index contributed by atoms with van der Waals surface area (Å²) in [5, 5.41) is 6.64. The fraction of sp³-hybridized carbons (Fsp3) is 0.172. The minimum absolute atomic E-state index is 0.207. The number of allylic oxidation sites excluding steroid dienone is 2. The van der Waals surface area contributed by atoms with Gasteiger partial charge in [-0.3, -0.25) is 14.9 Å². The van der Waals surface area contributed by atoms with Crippen LogP contribution in [0.25, 0.3) is 33.6 Å². The molecule has 184 valence electrons. The first kappa shape index (κ1) is 22.7. The van der Waals surface area contributed by atoms with Crippen LogP contribution in [0.5, 0.6) is 5.75 Å². The van der Waals surface area contributed by atoms with E-state index in [0.29, 0.717) is 34.2 Å². The summed E-state index contributed by atoms with van der Waals surface area (Å²) in [4.78, 5) is 27.7. The van der Waals surface area contributed by atoms with Crippen molar-refractivity contribution in [1.29, 1.82) is 0 Å². The molecule has 37 heavy (non-hydrogen) atoms. The molecule has 3 heterocycles. The molecule has 8 nitrogen and oxygen atoms in total. The number of H-pyrrole nitrogens is 1. The van der Waals surface area contributed by atoms with Crippen molar-refractivity contribution in [1.82, 2.24) is 24.6 Å². The molecule has 0 unspecified atom stereocenters. The lowest BCUT2D eigenvalue weighted by atomic mass is 9.92. The number of rotatable bonds is 6. The first-order chi connectivity index (χ1) is 18.2. The lowest BCUT2D eigenvalue weighted by molar-refractivity contribution is 0.415. The zero-order valence-electron chi connectivity index (χ0n) is 20.4. The molecule has 1 aliphatic rings. The largest absolute Gasteiger partial charge is 0.497 e. The van der Waals surface area contributed by atoms with Gasteiger partial charge in [-0.25, -0.2) is 9.97 Å². The van der Waals surface area contributed by atoms with Crippen LogP contribution in [0.1, 0.15) is 31.2 Å². The maximum atomic E-state index is 14.1. The lowest BCUT2D eigenvalue weighted by Crippen LogP contribution is -2.20. The van der Waals surface area contributed by atoms with Crippen molar-refractivity contribution in [2.45, 2.75) is 25.7 Å². The molecule has 3 aromatic heterocycles. The number of anilines is 2. The SMILES string of the molecule is COc1ccc(-c2c(Nc3cnccn3)nc3c(C4=CCCCC4)c(-c4ccccc4)[nH]n3c2=O)cc1. The van der Waals surface area contributed by atoms with Gasteiger partial charge in [0.25, 0.3) is 5.56 Å². The van der Waals surface area contributed by atoms with E-state index in [4.69, 9.17) is 9.72 Å². The number of benzene rings is 2. The number of fused-ring (bicyclic) bond motifs is 1. The molecule has 0 aliphatic heterocycles. The maximum absolute atomic E-state index is 14.1. The highest BCUT2D eigenvalue weighted by Gasteiger charge is 2.24. The first-order valence-electron chi connectivity index (χ1n) is 12.3. The highest BCUT2D eigenvalue weighted by atomic mass is 16.5. The van der Waals surface area contributed by atoms with E-state index in [1.54, 1.807) is 30.2 Å². The van der Waals surface area contributed by atoms with Gasteiger partial charge in [0.05, 0.1) is 24.6 Å². The smallest absolute Gasteiger partial charge is 0.282 e. The van der Waals surface area contributed by atoms with Crippen LogP contribution in [-0.2, 0) is 0 Å². The molecule has 5 aromatic rings. The Morgan fingerprint density at radius 2 is 1.81 bits per heavy atom. The second-order valence-corrected chi connectivity index (χ2v) is 8.95. The van der Waals surface area contributed by atoms with Crippen LogP contribution in [0.4, 0.5) is 11.6 Å². The van der Waals surface area contributed by atoms with Gasteiger partial charge in [0, 0.05) is 23.5 Å². The number of nitrogens with zero attached hydrogens (tertiary/aromatic N) is 4. The van der Waals surface area contributed by atoms with Gasteiger partial charge in [-0.05, 0) is 49.0 Å². The Bertz CT molecular complexity index is 1640. The van der Waals surface area contributed by atoms with Crippen LogP contribution in [0.2, 0.25) is 0 Å². The van der Waals surface area contributed by atoms with Crippen molar-refractivity contribution in [2.24, 2.45) is 0 Å². The Balaban J connectivity index is 1.65. The number of nitrogens with one attached hydrogen (secondary N) is 2. The Kier molecular flexibility index (Phi) is 5.98. The molecule has 0 radical (unpaired) electrons. The van der Waals surface area contributed by atoms with Gasteiger partial charge in [-0.2, -0.15) is 4.52 Å². The van der Waals surface area contributed by atoms with E-state index in [9.17, 15) is 4.79 Å². The summed E-state index contributed by atoms with van der Waals surface area (Å²) in [6, 6.07) is 17.5. The molecular weight excluding hydrogens is 464 g/mol. The molecule has 0 amide bonds. The standard InChI is InChI=1S/C29H26N6O2/c1-37-22-14-12-20(13-15-22)25-27(32-23-18-30-16-17-31-23)33-28-24(19-8-4-2-5-9-19)26(34-35(28)29(25)36)21-10-6-3-7-11-21/h3,6-8,10-18,34H,2,4-5,9H2,1H3,(H,31,32). The Hall–Kier alpha value is -4.72. The van der Waals surface area contributed by atoms with Crippen LogP contribution >= 0.6 is 0 Å². The van der Waals surface area contributed by atoms with Crippen LogP contribution in [-0.4, -0.2) is 31.7 Å². The summed E-state index contributed by atoms with van der Waals surface area (Å²) in [6.07, 6.45) is 11.3. The van der Waals surface area contributed by atoms with Crippen molar-refractivity contribution in [3.05, 3.63) is 95.2 Å². The summed E-state index contributed by atoms with van der Waals surface area (Å²) in [5.74, 6) is 1.64. The molecule has 6 rings (SSSR count). The minimum Gasteiger partial charge on any atom is -0.497 e. The van der Waals surface area contributed by atoms with E-state index in [-0.39, 0.29) is 5.56 Å². The molecule has 0 spiro atoms. The first-order valence-corrected chi connectivity index (χ1v) is 12.3. The predicted octanol–water partition coefficient (Wildman–Crippen LogP) is 5.86. The minimum atomic E-state index is -0.207. The molecule has 0 atom stereocenters. The van der Waals surface area contributed by atoms with Crippen LogP contribution in [0.15, 0.2) is 84.1 Å². The maximum Gasteiger partial charge on any atom is 0.282 e. The molecule has 2 aromatic carbocycles. The van der Waals surface area contributed by atoms with Crippen LogP contribution in [0.3, 0.4) is 0 Å². The van der Waals surface area contributed by atoms with Gasteiger partial charge < -0.3 is 10.1 Å². The second-order valence-electron chi connectivity index (χ2n) is 8.95. The number of hydrogen-bond donors (Lipinski definition) is 2. The summed E-state index contributed by atoms with van der Waals surface area (Å²) in [7, 11) is 1.62. The monoisotopic (exact) mass is 490 g/mol. The second kappa shape index (κ2) is 9.73. The van der Waals surface area contributed by atoms with Crippen molar-refractivity contribution < 1.29 is 4.74 Å². The molecule has 0 fully saturated rings. The molecule has 1 aliphatic carbocycles. The van der Waals surface area contributed by atoms with Gasteiger partial charge in [-0.1, -0.05) is 48.5 Å². The Morgan fingerprint density at radius 1 is 0.973 bits per heavy atom. The molecule has 8 heteroatoms. The number of hydrogen-bond acceptors (Lipinski definition) is 6. The average Bonchev–Trinajstić information content (AvgIpc) is 3.35. The molecular formula is C29H26N6O2. The van der Waals surface area contributed by atoms with Crippen molar-refractivity contribution in [3.8, 4) is 28.1 Å². The normalized spacial score (nSPS) is 13.4. The van der Waals surface area contributed by atoms with E-state index in [0.717, 1.165) is 36.1 Å². The van der Waals surface area contributed by atoms with Gasteiger partial charge >= 0.3 is 0 Å². The predicted molar refractivity (Wildman–Crippen MR) is 145 cm³/mol. The molecule has 0 saturated carbocycles. The summed E-state index contributed by atoms with van der Waals surface area (Å²) in [6.45, 7) is 0. The number of ether oxygens (including phenoxy) is 1.